The van der Waals surface area contributed by atoms with E-state index in [2.05, 4.69) is 10.6 Å². The van der Waals surface area contributed by atoms with Crippen molar-refractivity contribution in [3.8, 4) is 0 Å². The van der Waals surface area contributed by atoms with Gasteiger partial charge in [0.1, 0.15) is 23.5 Å². The number of hydroxylamine groups is 4. The molecule has 2 aliphatic heterocycles. The van der Waals surface area contributed by atoms with E-state index in [1.54, 1.807) is 21.6 Å². The van der Waals surface area contributed by atoms with Gasteiger partial charge in [0.05, 0.1) is 38.5 Å². The van der Waals surface area contributed by atoms with Crippen molar-refractivity contribution in [1.29, 1.82) is 0 Å². The van der Waals surface area contributed by atoms with Crippen LogP contribution in [0.4, 0.5) is 0 Å². The normalized spacial score (nSPS) is 20.9. The standard InChI is InChI=1S/C54H100N4O10S2/c1-9-53(57(63)51(3,4)43-67-53)39-33-29-25-21-17-13-11-15-19-23-27-31-35-47(59)55-45(49(61)65-7)37-41-69-70-42-38-46(50(62)66-8)56-48(60)36-32-28-24-20-16-12-14-18-22-26-30-34-40-54(10-2)58(64)52(5,6)44-68-54/h45-46H,9-44H2,1-8H3,(H,55,59)(H,56,60). The Morgan fingerprint density at radius 1 is 0.486 bits per heavy atom. The van der Waals surface area contributed by atoms with Crippen molar-refractivity contribution in [3.05, 3.63) is 0 Å². The van der Waals surface area contributed by atoms with Crippen LogP contribution in [0, 0.1) is 0 Å². The summed E-state index contributed by atoms with van der Waals surface area (Å²) in [5.74, 6) is 0.0331. The van der Waals surface area contributed by atoms with E-state index in [9.17, 15) is 29.6 Å². The number of nitrogens with zero attached hydrogens (tertiary/aromatic N) is 2. The molecule has 2 amide bonds. The van der Waals surface area contributed by atoms with Crippen molar-refractivity contribution in [2.24, 2.45) is 0 Å². The lowest BCUT2D eigenvalue weighted by Crippen LogP contribution is -2.49. The van der Waals surface area contributed by atoms with E-state index in [-0.39, 0.29) is 11.8 Å². The molecule has 2 rings (SSSR count). The lowest BCUT2D eigenvalue weighted by molar-refractivity contribution is -0.294. The first-order valence-electron chi connectivity index (χ1n) is 27.7. The number of amides is 2. The van der Waals surface area contributed by atoms with Gasteiger partial charge in [-0.05, 0) is 91.9 Å². The second-order valence-corrected chi connectivity index (χ2v) is 24.1. The molecule has 14 nitrogen and oxygen atoms in total. The van der Waals surface area contributed by atoms with Gasteiger partial charge in [0, 0.05) is 24.3 Å². The largest absolute Gasteiger partial charge is 0.467 e. The summed E-state index contributed by atoms with van der Waals surface area (Å²) in [7, 11) is 5.78. The number of unbranched alkanes of at least 4 members (excludes halogenated alkanes) is 22. The van der Waals surface area contributed by atoms with Gasteiger partial charge in [-0.15, -0.1) is 20.5 Å². The van der Waals surface area contributed by atoms with Gasteiger partial charge in [-0.25, -0.2) is 9.59 Å². The van der Waals surface area contributed by atoms with E-state index >= 15 is 0 Å². The Morgan fingerprint density at radius 2 is 0.757 bits per heavy atom. The molecule has 2 fully saturated rings. The fourth-order valence-electron chi connectivity index (χ4n) is 9.83. The zero-order valence-corrected chi connectivity index (χ0v) is 47.0. The highest BCUT2D eigenvalue weighted by Crippen LogP contribution is 2.40. The Balaban J connectivity index is 1.44. The van der Waals surface area contributed by atoms with Crippen molar-refractivity contribution in [1.82, 2.24) is 20.8 Å². The van der Waals surface area contributed by atoms with Gasteiger partial charge in [-0.1, -0.05) is 164 Å². The van der Waals surface area contributed by atoms with Crippen LogP contribution in [0.15, 0.2) is 0 Å². The minimum atomic E-state index is -0.706. The third-order valence-corrected chi connectivity index (χ3v) is 17.0. The monoisotopic (exact) mass is 1030 g/mol. The lowest BCUT2D eigenvalue weighted by Gasteiger charge is -2.34. The number of hydrogen-bond acceptors (Lipinski definition) is 12. The van der Waals surface area contributed by atoms with Crippen molar-refractivity contribution >= 4 is 45.3 Å². The SMILES string of the molecule is CCC1(CCCCCCCCCCCCCCC(=O)NC(CCSSCCC(NC(=O)CCCCCCCCCCCCCCC2(CC)OCC(C)(C)N2[O])C(=O)OC)C(=O)OC)OCC(C)(C)N1[O]. The van der Waals surface area contributed by atoms with Crippen LogP contribution in [0.5, 0.6) is 0 Å². The number of esters is 2. The van der Waals surface area contributed by atoms with Crippen LogP contribution in [0.3, 0.4) is 0 Å². The molecule has 0 bridgehead atoms. The number of ether oxygens (including phenoxy) is 4. The van der Waals surface area contributed by atoms with E-state index in [4.69, 9.17) is 18.9 Å². The maximum Gasteiger partial charge on any atom is 0.328 e. The highest BCUT2D eigenvalue weighted by Gasteiger charge is 2.52. The average molecular weight is 1030 g/mol. The predicted octanol–water partition coefficient (Wildman–Crippen LogP) is 12.5. The minimum Gasteiger partial charge on any atom is -0.467 e. The molecular formula is C54H100N4O10S2. The van der Waals surface area contributed by atoms with E-state index in [0.29, 0.717) is 50.4 Å². The molecule has 4 atom stereocenters. The Hall–Kier alpha value is -1.66. The maximum absolute atomic E-state index is 12.8. The van der Waals surface area contributed by atoms with E-state index < -0.39 is 46.6 Å². The highest BCUT2D eigenvalue weighted by atomic mass is 33.1. The molecule has 0 saturated carbocycles. The zero-order valence-electron chi connectivity index (χ0n) is 45.4. The number of nitrogens with one attached hydrogen (secondary N) is 2. The van der Waals surface area contributed by atoms with Crippen LogP contribution < -0.4 is 10.6 Å². The van der Waals surface area contributed by atoms with Crippen LogP contribution in [0.25, 0.3) is 0 Å². The summed E-state index contributed by atoms with van der Waals surface area (Å²) in [5.41, 5.74) is -2.15. The molecule has 0 aromatic rings. The van der Waals surface area contributed by atoms with Crippen LogP contribution >= 0.6 is 21.6 Å². The van der Waals surface area contributed by atoms with Crippen LogP contribution in [0.2, 0.25) is 0 Å². The first-order chi connectivity index (χ1) is 33.5. The summed E-state index contributed by atoms with van der Waals surface area (Å²) in [6.45, 7) is 12.9. The Bertz CT molecular complexity index is 1340. The molecule has 2 aliphatic rings. The van der Waals surface area contributed by atoms with Gasteiger partial charge < -0.3 is 29.6 Å². The molecule has 2 saturated heterocycles. The van der Waals surface area contributed by atoms with Gasteiger partial charge in [-0.3, -0.25) is 9.59 Å². The molecule has 0 spiro atoms. The highest BCUT2D eigenvalue weighted by molar-refractivity contribution is 8.76. The first-order valence-corrected chi connectivity index (χ1v) is 30.2. The third-order valence-electron chi connectivity index (χ3n) is 14.5. The molecule has 0 aromatic heterocycles. The molecule has 16 heteroatoms. The van der Waals surface area contributed by atoms with Gasteiger partial charge >= 0.3 is 11.9 Å². The Labute approximate surface area is 433 Å². The topological polar surface area (TPSA) is 176 Å². The first kappa shape index (κ1) is 64.5. The number of methoxy groups -OCH3 is 2. The summed E-state index contributed by atoms with van der Waals surface area (Å²) in [5, 5.41) is 33.7. The quantitative estimate of drug-likeness (QED) is 0.0336. The van der Waals surface area contributed by atoms with Crippen LogP contribution in [-0.2, 0) is 48.5 Å². The molecule has 70 heavy (non-hydrogen) atoms. The summed E-state index contributed by atoms with van der Waals surface area (Å²) in [6.07, 6.45) is 31.9. The van der Waals surface area contributed by atoms with Crippen LogP contribution in [-0.4, -0.2) is 107 Å². The molecular weight excluding hydrogens is 929 g/mol. The van der Waals surface area contributed by atoms with Crippen molar-refractivity contribution in [2.75, 3.05) is 38.9 Å². The van der Waals surface area contributed by atoms with Crippen molar-refractivity contribution < 1.29 is 48.5 Å². The second kappa shape index (κ2) is 36.3. The second-order valence-electron chi connectivity index (χ2n) is 21.4. The smallest absolute Gasteiger partial charge is 0.328 e. The van der Waals surface area contributed by atoms with Crippen molar-refractivity contribution in [3.63, 3.8) is 0 Å². The number of carbonyl (C=O) groups is 4. The number of carbonyl (C=O) groups excluding carboxylic acids is 4. The summed E-state index contributed by atoms with van der Waals surface area (Å²) >= 11 is 0. The predicted molar refractivity (Wildman–Crippen MR) is 282 cm³/mol. The van der Waals surface area contributed by atoms with E-state index in [1.807, 2.05) is 41.5 Å². The third kappa shape index (κ3) is 24.6. The van der Waals surface area contributed by atoms with Crippen LogP contribution in [0.1, 0.15) is 247 Å². The molecule has 0 aromatic carbocycles. The molecule has 2 N–H and O–H groups in total. The van der Waals surface area contributed by atoms with Crippen molar-refractivity contribution in [2.45, 2.75) is 282 Å². The fourth-order valence-corrected chi connectivity index (χ4v) is 12.0. The van der Waals surface area contributed by atoms with E-state index in [0.717, 1.165) is 89.9 Å². The van der Waals surface area contributed by atoms with Gasteiger partial charge in [-0.2, -0.15) is 0 Å². The molecule has 2 heterocycles. The average Bonchev–Trinajstić information content (AvgIpc) is 3.72. The van der Waals surface area contributed by atoms with Gasteiger partial charge in [0.2, 0.25) is 11.8 Å². The zero-order chi connectivity index (χ0) is 51.7. The fraction of sp³-hybridized carbons (Fsp3) is 0.926. The van der Waals surface area contributed by atoms with Gasteiger partial charge in [0.15, 0.2) is 0 Å². The molecule has 408 valence electrons. The number of rotatable bonds is 43. The summed E-state index contributed by atoms with van der Waals surface area (Å²) < 4.78 is 21.9. The Morgan fingerprint density at radius 3 is 1.00 bits per heavy atom. The lowest BCUT2D eigenvalue weighted by atomic mass is 9.98. The summed E-state index contributed by atoms with van der Waals surface area (Å²) in [4.78, 5) is 50.3. The van der Waals surface area contributed by atoms with Gasteiger partial charge in [0.25, 0.3) is 0 Å². The molecule has 4 unspecified atom stereocenters. The summed E-state index contributed by atoms with van der Waals surface area (Å²) in [6, 6.07) is -1.41. The minimum absolute atomic E-state index is 0.135. The molecule has 0 aliphatic carbocycles. The molecule has 2 radical (unpaired) electrons. The maximum atomic E-state index is 12.8. The Kier molecular flexibility index (Phi) is 33.4. The van der Waals surface area contributed by atoms with E-state index in [1.165, 1.54) is 114 Å². The number of hydrogen-bond donors (Lipinski definition) is 2.